The van der Waals surface area contributed by atoms with Gasteiger partial charge in [-0.2, -0.15) is 0 Å². The molecule has 0 atom stereocenters. The topological polar surface area (TPSA) is 45.8 Å². The van der Waals surface area contributed by atoms with Gasteiger partial charge in [-0.15, -0.1) is 11.3 Å². The smallest absolute Gasteiger partial charge is 0.260 e. The van der Waals surface area contributed by atoms with E-state index in [1.165, 1.54) is 10.9 Å². The first-order valence-electron chi connectivity index (χ1n) is 7.79. The number of hydrogen-bond acceptors (Lipinski definition) is 3. The van der Waals surface area contributed by atoms with Gasteiger partial charge in [0.05, 0.1) is 5.39 Å². The minimum absolute atomic E-state index is 0.135. The number of halogens is 2. The molecule has 1 N–H and O–H groups in total. The van der Waals surface area contributed by atoms with Crippen LogP contribution in [-0.2, 0) is 12.8 Å². The van der Waals surface area contributed by atoms with Crippen LogP contribution in [-0.4, -0.2) is 9.97 Å². The number of nitrogens with zero attached hydrogens (tertiary/aromatic N) is 1. The van der Waals surface area contributed by atoms with Gasteiger partial charge in [-0.25, -0.2) is 13.8 Å². The van der Waals surface area contributed by atoms with E-state index in [1.54, 1.807) is 23.5 Å². The van der Waals surface area contributed by atoms with Gasteiger partial charge in [0, 0.05) is 4.88 Å². The highest BCUT2D eigenvalue weighted by atomic mass is 32.1. The maximum Gasteiger partial charge on any atom is 0.260 e. The number of H-pyrrole nitrogens is 1. The van der Waals surface area contributed by atoms with E-state index in [-0.39, 0.29) is 5.56 Å². The van der Waals surface area contributed by atoms with Crippen LogP contribution in [0.2, 0.25) is 0 Å². The van der Waals surface area contributed by atoms with Crippen LogP contribution in [0.5, 0.6) is 0 Å². The summed E-state index contributed by atoms with van der Waals surface area (Å²) < 4.78 is 26.2. The highest BCUT2D eigenvalue weighted by molar-refractivity contribution is 7.18. The number of aromatic amines is 1. The summed E-state index contributed by atoms with van der Waals surface area (Å²) in [5.74, 6) is -1.37. The van der Waals surface area contributed by atoms with Crippen LogP contribution in [0.4, 0.5) is 8.78 Å². The SMILES string of the molecule is O=c1[nH]c(/C=C/c2ccc(F)c(F)c2)nc2sc3c(c12)CCCC3. The molecule has 0 fully saturated rings. The van der Waals surface area contributed by atoms with E-state index in [9.17, 15) is 13.6 Å². The number of fused-ring (bicyclic) bond motifs is 3. The van der Waals surface area contributed by atoms with E-state index >= 15 is 0 Å². The molecule has 0 radical (unpaired) electrons. The first-order chi connectivity index (χ1) is 11.6. The van der Waals surface area contributed by atoms with Gasteiger partial charge in [-0.3, -0.25) is 4.79 Å². The zero-order chi connectivity index (χ0) is 16.7. The Morgan fingerprint density at radius 2 is 1.96 bits per heavy atom. The number of thiophene rings is 1. The molecular weight excluding hydrogens is 330 g/mol. The van der Waals surface area contributed by atoms with Crippen molar-refractivity contribution in [3.8, 4) is 0 Å². The Balaban J connectivity index is 1.73. The molecule has 3 nitrogen and oxygen atoms in total. The molecule has 6 heteroatoms. The Morgan fingerprint density at radius 1 is 1.12 bits per heavy atom. The van der Waals surface area contributed by atoms with Gasteiger partial charge >= 0.3 is 0 Å². The highest BCUT2D eigenvalue weighted by Gasteiger charge is 2.19. The summed E-state index contributed by atoms with van der Waals surface area (Å²) in [5, 5.41) is 0.708. The second-order valence-corrected chi connectivity index (χ2v) is 6.93. The third-order valence-corrected chi connectivity index (χ3v) is 5.41. The fraction of sp³-hybridized carbons (Fsp3) is 0.222. The zero-order valence-corrected chi connectivity index (χ0v) is 13.6. The second-order valence-electron chi connectivity index (χ2n) is 5.85. The summed E-state index contributed by atoms with van der Waals surface area (Å²) in [5.41, 5.74) is 1.51. The maximum absolute atomic E-state index is 13.2. The molecule has 2 heterocycles. The molecule has 1 aromatic carbocycles. The van der Waals surface area contributed by atoms with Crippen molar-refractivity contribution in [2.45, 2.75) is 25.7 Å². The lowest BCUT2D eigenvalue weighted by atomic mass is 9.97. The monoisotopic (exact) mass is 344 g/mol. The Bertz CT molecular complexity index is 1020. The maximum atomic E-state index is 13.2. The van der Waals surface area contributed by atoms with Crippen LogP contribution >= 0.6 is 11.3 Å². The Hall–Kier alpha value is -2.34. The molecule has 1 aliphatic carbocycles. The normalized spacial score (nSPS) is 14.4. The molecule has 24 heavy (non-hydrogen) atoms. The van der Waals surface area contributed by atoms with Crippen molar-refractivity contribution in [1.82, 2.24) is 9.97 Å². The van der Waals surface area contributed by atoms with E-state index in [1.807, 2.05) is 0 Å². The third-order valence-electron chi connectivity index (χ3n) is 4.22. The minimum Gasteiger partial charge on any atom is -0.306 e. The largest absolute Gasteiger partial charge is 0.306 e. The molecule has 3 aromatic rings. The minimum atomic E-state index is -0.903. The fourth-order valence-corrected chi connectivity index (χ4v) is 4.32. The molecule has 0 saturated carbocycles. The lowest BCUT2D eigenvalue weighted by molar-refractivity contribution is 0.508. The lowest BCUT2D eigenvalue weighted by Gasteiger charge is -2.09. The first-order valence-corrected chi connectivity index (χ1v) is 8.61. The number of benzene rings is 1. The molecule has 1 aliphatic rings. The van der Waals surface area contributed by atoms with Gasteiger partial charge < -0.3 is 4.98 Å². The summed E-state index contributed by atoms with van der Waals surface area (Å²) in [6, 6.07) is 3.64. The van der Waals surface area contributed by atoms with Gasteiger partial charge in [0.2, 0.25) is 0 Å². The zero-order valence-electron chi connectivity index (χ0n) is 12.7. The van der Waals surface area contributed by atoms with Gasteiger partial charge in [0.1, 0.15) is 10.7 Å². The first kappa shape index (κ1) is 15.2. The standard InChI is InChI=1S/C18H14F2N2OS/c19-12-7-5-10(9-13(12)20)6-8-15-21-17(23)16-11-3-1-2-4-14(11)24-18(16)22-15/h5-9H,1-4H2,(H,21,22,23)/b8-6+. The van der Waals surface area contributed by atoms with Crippen molar-refractivity contribution in [2.75, 3.05) is 0 Å². The van der Waals surface area contributed by atoms with Crippen LogP contribution < -0.4 is 5.56 Å². The summed E-state index contributed by atoms with van der Waals surface area (Å²) in [6.07, 6.45) is 7.41. The fourth-order valence-electron chi connectivity index (χ4n) is 3.05. The quantitative estimate of drug-likeness (QED) is 0.753. The Morgan fingerprint density at radius 3 is 2.79 bits per heavy atom. The van der Waals surface area contributed by atoms with Gasteiger partial charge in [-0.1, -0.05) is 12.1 Å². The number of aryl methyl sites for hydroxylation is 2. The van der Waals surface area contributed by atoms with Crippen molar-refractivity contribution in [3.63, 3.8) is 0 Å². The van der Waals surface area contributed by atoms with Gasteiger partial charge in [0.25, 0.3) is 5.56 Å². The molecular formula is C18H14F2N2OS. The van der Waals surface area contributed by atoms with Crippen LogP contribution in [0.15, 0.2) is 23.0 Å². The predicted molar refractivity (Wildman–Crippen MR) is 92.2 cm³/mol. The van der Waals surface area contributed by atoms with Crippen molar-refractivity contribution in [2.24, 2.45) is 0 Å². The van der Waals surface area contributed by atoms with E-state index < -0.39 is 11.6 Å². The highest BCUT2D eigenvalue weighted by Crippen LogP contribution is 2.33. The average Bonchev–Trinajstić information content (AvgIpc) is 2.94. The summed E-state index contributed by atoms with van der Waals surface area (Å²) in [4.78, 5) is 21.7. The molecule has 2 aromatic heterocycles. The summed E-state index contributed by atoms with van der Waals surface area (Å²) in [7, 11) is 0. The summed E-state index contributed by atoms with van der Waals surface area (Å²) >= 11 is 1.58. The average molecular weight is 344 g/mol. The van der Waals surface area contributed by atoms with Crippen LogP contribution in [0, 0.1) is 11.6 Å². The predicted octanol–water partition coefficient (Wildman–Crippen LogP) is 4.31. The van der Waals surface area contributed by atoms with E-state index in [4.69, 9.17) is 0 Å². The third kappa shape index (κ3) is 2.67. The van der Waals surface area contributed by atoms with Crippen molar-refractivity contribution in [3.05, 3.63) is 62.0 Å². The van der Waals surface area contributed by atoms with Crippen LogP contribution in [0.3, 0.4) is 0 Å². The van der Waals surface area contributed by atoms with E-state index in [0.717, 1.165) is 48.2 Å². The van der Waals surface area contributed by atoms with E-state index in [2.05, 4.69) is 9.97 Å². The van der Waals surface area contributed by atoms with Crippen molar-refractivity contribution < 1.29 is 8.78 Å². The molecule has 0 aliphatic heterocycles. The summed E-state index contributed by atoms with van der Waals surface area (Å²) in [6.45, 7) is 0. The second kappa shape index (κ2) is 5.94. The molecule has 0 bridgehead atoms. The van der Waals surface area contributed by atoms with Crippen molar-refractivity contribution >= 4 is 33.7 Å². The molecule has 0 saturated heterocycles. The van der Waals surface area contributed by atoms with Crippen molar-refractivity contribution in [1.29, 1.82) is 0 Å². The molecule has 0 amide bonds. The number of nitrogens with one attached hydrogen (secondary N) is 1. The van der Waals surface area contributed by atoms with Crippen LogP contribution in [0.1, 0.15) is 34.7 Å². The molecule has 122 valence electrons. The number of hydrogen-bond donors (Lipinski definition) is 1. The molecule has 0 unspecified atom stereocenters. The number of rotatable bonds is 2. The van der Waals surface area contributed by atoms with Gasteiger partial charge in [0.15, 0.2) is 11.6 Å². The molecule has 4 rings (SSSR count). The van der Waals surface area contributed by atoms with Crippen LogP contribution in [0.25, 0.3) is 22.4 Å². The molecule has 0 spiro atoms. The lowest BCUT2D eigenvalue weighted by Crippen LogP contribution is -2.11. The number of aromatic nitrogens is 2. The van der Waals surface area contributed by atoms with E-state index in [0.29, 0.717) is 16.8 Å². The Kier molecular flexibility index (Phi) is 3.76. The Labute approximate surface area is 140 Å². The van der Waals surface area contributed by atoms with Gasteiger partial charge in [-0.05, 0) is 55.0 Å².